The van der Waals surface area contributed by atoms with Crippen LogP contribution in [0.5, 0.6) is 11.5 Å². The molecule has 5 heteroatoms. The van der Waals surface area contributed by atoms with Gasteiger partial charge in [-0.15, -0.1) is 0 Å². The first kappa shape index (κ1) is 16.2. The lowest BCUT2D eigenvalue weighted by Crippen LogP contribution is -1.99. The smallest absolute Gasteiger partial charge is 0.129 e. The number of benzene rings is 1. The van der Waals surface area contributed by atoms with Crippen LogP contribution in [0.2, 0.25) is 0 Å². The van der Waals surface area contributed by atoms with Crippen LogP contribution in [0.4, 0.5) is 0 Å². The van der Waals surface area contributed by atoms with E-state index in [4.69, 9.17) is 15.0 Å². The van der Waals surface area contributed by atoms with Crippen LogP contribution >= 0.6 is 0 Å². The van der Waals surface area contributed by atoms with Crippen molar-refractivity contribution in [2.45, 2.75) is 33.3 Å². The summed E-state index contributed by atoms with van der Waals surface area (Å²) in [5, 5.41) is 13.9. The zero-order chi connectivity index (χ0) is 15.1. The maximum Gasteiger partial charge on any atom is 0.129 e. The number of methoxy groups -OCH3 is 2. The Hall–Kier alpha value is -1.88. The number of phenolic OH excluding ortho intramolecular Hbond substituents is 1. The lowest BCUT2D eigenvalue weighted by Gasteiger charge is -2.15. The van der Waals surface area contributed by atoms with Gasteiger partial charge in [0.15, 0.2) is 0 Å². The second-order valence-electron chi connectivity index (χ2n) is 4.38. The molecule has 0 saturated heterocycles. The van der Waals surface area contributed by atoms with Crippen molar-refractivity contribution in [1.82, 2.24) is 0 Å². The first-order chi connectivity index (χ1) is 9.62. The molecule has 0 heterocycles. The largest absolute Gasteiger partial charge is 0.507 e. The molecule has 1 rings (SSSR count). The highest BCUT2D eigenvalue weighted by molar-refractivity contribution is 5.75. The summed E-state index contributed by atoms with van der Waals surface area (Å²) in [6, 6.07) is 3.33. The number of aromatic hydroxyl groups is 1. The van der Waals surface area contributed by atoms with Crippen molar-refractivity contribution in [3.8, 4) is 11.5 Å². The second-order valence-corrected chi connectivity index (χ2v) is 4.38. The minimum absolute atomic E-state index is 0.0572. The molecule has 1 aromatic rings. The van der Waals surface area contributed by atoms with Gasteiger partial charge in [-0.25, -0.2) is 5.53 Å². The molecule has 0 atom stereocenters. The van der Waals surface area contributed by atoms with Crippen LogP contribution in [0, 0.1) is 5.53 Å². The van der Waals surface area contributed by atoms with Crippen LogP contribution in [0.1, 0.15) is 37.8 Å². The quantitative estimate of drug-likeness (QED) is 0.737. The Kier molecular flexibility index (Phi) is 6.18. The van der Waals surface area contributed by atoms with Gasteiger partial charge >= 0.3 is 0 Å². The van der Waals surface area contributed by atoms with Crippen molar-refractivity contribution in [2.24, 2.45) is 5.11 Å². The van der Waals surface area contributed by atoms with Crippen LogP contribution in [0.15, 0.2) is 22.8 Å². The molecule has 0 spiro atoms. The molecule has 20 heavy (non-hydrogen) atoms. The van der Waals surface area contributed by atoms with E-state index in [1.807, 2.05) is 13.8 Å². The first-order valence-electron chi connectivity index (χ1n) is 6.61. The van der Waals surface area contributed by atoms with Crippen LogP contribution in [0.3, 0.4) is 0 Å². The van der Waals surface area contributed by atoms with E-state index in [0.29, 0.717) is 23.6 Å². The summed E-state index contributed by atoms with van der Waals surface area (Å²) in [4.78, 5) is 0. The molecular weight excluding hydrogens is 256 g/mol. The van der Waals surface area contributed by atoms with Crippen LogP contribution in [0.25, 0.3) is 5.70 Å². The molecule has 0 bridgehead atoms. The number of hydrogen-bond acceptors (Lipinski definition) is 5. The van der Waals surface area contributed by atoms with E-state index in [2.05, 4.69) is 5.11 Å². The number of nitrogens with one attached hydrogen (secondary N) is 1. The van der Waals surface area contributed by atoms with Gasteiger partial charge in [0.05, 0.1) is 19.4 Å². The molecule has 1 aromatic carbocycles. The predicted molar refractivity (Wildman–Crippen MR) is 78.0 cm³/mol. The van der Waals surface area contributed by atoms with Crippen molar-refractivity contribution in [3.05, 3.63) is 28.8 Å². The highest BCUT2D eigenvalue weighted by atomic mass is 16.5. The zero-order valence-corrected chi connectivity index (χ0v) is 12.5. The van der Waals surface area contributed by atoms with E-state index in [0.717, 1.165) is 24.0 Å². The molecule has 0 aliphatic heterocycles. The Morgan fingerprint density at radius 1 is 1.25 bits per heavy atom. The summed E-state index contributed by atoms with van der Waals surface area (Å²) in [7, 11) is 3.13. The standard InChI is InChI=1S/C15H22N2O3/c1-5-10(6-2)15(17-16)14-11(9-19-3)7-12(20-4)8-13(14)18/h7-8,16,18H,5-6,9H2,1-4H3. The average Bonchev–Trinajstić information content (AvgIpc) is 2.45. The monoisotopic (exact) mass is 278 g/mol. The molecule has 0 aliphatic rings. The zero-order valence-electron chi connectivity index (χ0n) is 12.5. The van der Waals surface area contributed by atoms with Gasteiger partial charge in [-0.2, -0.15) is 5.11 Å². The predicted octanol–water partition coefficient (Wildman–Crippen LogP) is 4.11. The van der Waals surface area contributed by atoms with Gasteiger partial charge in [-0.3, -0.25) is 0 Å². The topological polar surface area (TPSA) is 74.9 Å². The van der Waals surface area contributed by atoms with Crippen LogP contribution < -0.4 is 4.74 Å². The van der Waals surface area contributed by atoms with E-state index >= 15 is 0 Å². The van der Waals surface area contributed by atoms with Crippen LogP contribution in [-0.4, -0.2) is 19.3 Å². The third-order valence-corrected chi connectivity index (χ3v) is 3.25. The van der Waals surface area contributed by atoms with Gasteiger partial charge in [0.2, 0.25) is 0 Å². The summed E-state index contributed by atoms with van der Waals surface area (Å²) in [5.41, 5.74) is 10.3. The fourth-order valence-corrected chi connectivity index (χ4v) is 2.21. The average molecular weight is 278 g/mol. The number of ether oxygens (including phenoxy) is 2. The molecule has 0 saturated carbocycles. The second kappa shape index (κ2) is 7.65. The third-order valence-electron chi connectivity index (χ3n) is 3.25. The van der Waals surface area contributed by atoms with Crippen molar-refractivity contribution in [3.63, 3.8) is 0 Å². The number of rotatable bonds is 7. The Labute approximate surface area is 119 Å². The van der Waals surface area contributed by atoms with E-state index in [1.54, 1.807) is 20.3 Å². The molecule has 0 unspecified atom stereocenters. The summed E-state index contributed by atoms with van der Waals surface area (Å²) < 4.78 is 10.3. The molecule has 0 aliphatic carbocycles. The molecule has 0 aromatic heterocycles. The molecule has 0 fully saturated rings. The van der Waals surface area contributed by atoms with Gasteiger partial charge in [0, 0.05) is 18.7 Å². The summed E-state index contributed by atoms with van der Waals surface area (Å²) in [5.74, 6) is 0.610. The van der Waals surface area contributed by atoms with Crippen molar-refractivity contribution in [2.75, 3.05) is 14.2 Å². The Morgan fingerprint density at radius 2 is 1.90 bits per heavy atom. The molecule has 5 nitrogen and oxygen atoms in total. The summed E-state index contributed by atoms with van der Waals surface area (Å²) >= 11 is 0. The summed E-state index contributed by atoms with van der Waals surface area (Å²) in [6.07, 6.45) is 1.57. The van der Waals surface area contributed by atoms with E-state index in [9.17, 15) is 5.11 Å². The molecular formula is C15H22N2O3. The number of nitrogens with zero attached hydrogens (tertiary/aromatic N) is 1. The minimum atomic E-state index is 0.0572. The number of phenols is 1. The van der Waals surface area contributed by atoms with Gasteiger partial charge in [-0.05, 0) is 30.0 Å². The summed E-state index contributed by atoms with van der Waals surface area (Å²) in [6.45, 7) is 4.35. The van der Waals surface area contributed by atoms with Crippen molar-refractivity contribution >= 4 is 5.70 Å². The number of allylic oxidation sites excluding steroid dienone is 1. The van der Waals surface area contributed by atoms with E-state index in [1.165, 1.54) is 6.07 Å². The SMILES string of the molecule is CCC(CC)=C(N=N)c1c(O)cc(OC)cc1COC. The highest BCUT2D eigenvalue weighted by Gasteiger charge is 2.17. The minimum Gasteiger partial charge on any atom is -0.507 e. The van der Waals surface area contributed by atoms with Gasteiger partial charge in [0.1, 0.15) is 11.5 Å². The fourth-order valence-electron chi connectivity index (χ4n) is 2.21. The van der Waals surface area contributed by atoms with Gasteiger partial charge < -0.3 is 14.6 Å². The van der Waals surface area contributed by atoms with Gasteiger partial charge in [-0.1, -0.05) is 13.8 Å². The normalized spacial score (nSPS) is 10.2. The van der Waals surface area contributed by atoms with E-state index in [-0.39, 0.29) is 5.75 Å². The lowest BCUT2D eigenvalue weighted by molar-refractivity contribution is 0.184. The molecule has 0 amide bonds. The molecule has 110 valence electrons. The Morgan fingerprint density at radius 3 is 2.35 bits per heavy atom. The number of hydrogen-bond donors (Lipinski definition) is 2. The van der Waals surface area contributed by atoms with E-state index < -0.39 is 0 Å². The first-order valence-corrected chi connectivity index (χ1v) is 6.61. The Bertz CT molecular complexity index is 504. The maximum atomic E-state index is 10.3. The Balaban J connectivity index is 3.55. The van der Waals surface area contributed by atoms with Gasteiger partial charge in [0.25, 0.3) is 0 Å². The van der Waals surface area contributed by atoms with Crippen molar-refractivity contribution < 1.29 is 14.6 Å². The van der Waals surface area contributed by atoms with Crippen molar-refractivity contribution in [1.29, 1.82) is 5.53 Å². The third kappa shape index (κ3) is 3.36. The fraction of sp³-hybridized carbons (Fsp3) is 0.467. The maximum absolute atomic E-state index is 10.3. The molecule has 2 N–H and O–H groups in total. The molecule has 0 radical (unpaired) electrons. The highest BCUT2D eigenvalue weighted by Crippen LogP contribution is 2.37. The van der Waals surface area contributed by atoms with Crippen LogP contribution in [-0.2, 0) is 11.3 Å². The lowest BCUT2D eigenvalue weighted by atomic mass is 9.97.